The number of aliphatic hydroxyl groups is 1. The fourth-order valence-corrected chi connectivity index (χ4v) is 1.50. The van der Waals surface area contributed by atoms with Gasteiger partial charge < -0.3 is 9.84 Å². The average molecular weight is 216 g/mol. The fraction of sp³-hybridized carbons (Fsp3) is 0.917. The topological polar surface area (TPSA) is 46.5 Å². The summed E-state index contributed by atoms with van der Waals surface area (Å²) in [6, 6.07) is 0. The Morgan fingerprint density at radius 1 is 1.33 bits per heavy atom. The molecule has 15 heavy (non-hydrogen) atoms. The molecule has 0 spiro atoms. The van der Waals surface area contributed by atoms with Gasteiger partial charge in [-0.3, -0.25) is 4.79 Å². The lowest BCUT2D eigenvalue weighted by Gasteiger charge is -2.32. The summed E-state index contributed by atoms with van der Waals surface area (Å²) in [5.74, 6) is -0.218. The van der Waals surface area contributed by atoms with E-state index in [1.807, 2.05) is 27.7 Å². The highest BCUT2D eigenvalue weighted by Gasteiger charge is 2.33. The number of hydrogen-bond donors (Lipinski definition) is 1. The maximum absolute atomic E-state index is 11.6. The molecule has 0 aromatic heterocycles. The third-order valence-corrected chi connectivity index (χ3v) is 2.56. The van der Waals surface area contributed by atoms with Gasteiger partial charge in [0.25, 0.3) is 0 Å². The summed E-state index contributed by atoms with van der Waals surface area (Å²) in [4.78, 5) is 11.6. The molecule has 0 aliphatic heterocycles. The minimum Gasteiger partial charge on any atom is -0.459 e. The molecule has 0 saturated carbocycles. The van der Waals surface area contributed by atoms with Crippen LogP contribution in [-0.4, -0.2) is 22.8 Å². The van der Waals surface area contributed by atoms with Crippen LogP contribution in [0.2, 0.25) is 0 Å². The quantitative estimate of drug-likeness (QED) is 0.718. The van der Waals surface area contributed by atoms with Crippen LogP contribution >= 0.6 is 0 Å². The highest BCUT2D eigenvalue weighted by Crippen LogP contribution is 2.22. The standard InChI is InChI=1S/C12H24O3/c1-7-9(4)11(13)15-10(8(2)3)12(5,6)14/h8-10,14H,7H2,1-6H3. The molecule has 0 amide bonds. The third kappa shape index (κ3) is 4.65. The molecular weight excluding hydrogens is 192 g/mol. The van der Waals surface area contributed by atoms with Gasteiger partial charge in [-0.25, -0.2) is 0 Å². The van der Waals surface area contributed by atoms with Gasteiger partial charge in [-0.05, 0) is 26.2 Å². The summed E-state index contributed by atoms with van der Waals surface area (Å²) in [6.45, 7) is 11.0. The lowest BCUT2D eigenvalue weighted by atomic mass is 9.92. The summed E-state index contributed by atoms with van der Waals surface area (Å²) < 4.78 is 5.34. The Bertz CT molecular complexity index is 203. The monoisotopic (exact) mass is 216 g/mol. The second-order valence-corrected chi connectivity index (χ2v) is 5.06. The zero-order chi connectivity index (χ0) is 12.2. The molecule has 1 N–H and O–H groups in total. The van der Waals surface area contributed by atoms with E-state index in [-0.39, 0.29) is 17.8 Å². The average Bonchev–Trinajstić information content (AvgIpc) is 2.09. The van der Waals surface area contributed by atoms with Crippen LogP contribution in [0.3, 0.4) is 0 Å². The molecule has 0 bridgehead atoms. The van der Waals surface area contributed by atoms with Gasteiger partial charge in [-0.1, -0.05) is 27.7 Å². The van der Waals surface area contributed by atoms with Crippen molar-refractivity contribution >= 4 is 5.97 Å². The normalized spacial score (nSPS) is 16.3. The Morgan fingerprint density at radius 3 is 2.07 bits per heavy atom. The predicted octanol–water partition coefficient (Wildman–Crippen LogP) is 2.37. The third-order valence-electron chi connectivity index (χ3n) is 2.56. The molecule has 0 saturated heterocycles. The molecule has 2 atom stereocenters. The number of hydrogen-bond acceptors (Lipinski definition) is 3. The molecule has 0 radical (unpaired) electrons. The predicted molar refractivity (Wildman–Crippen MR) is 60.5 cm³/mol. The molecule has 3 heteroatoms. The molecule has 0 aliphatic carbocycles. The molecule has 3 nitrogen and oxygen atoms in total. The molecule has 0 aromatic rings. The van der Waals surface area contributed by atoms with E-state index in [1.54, 1.807) is 13.8 Å². The van der Waals surface area contributed by atoms with E-state index in [4.69, 9.17) is 4.74 Å². The first kappa shape index (κ1) is 14.4. The van der Waals surface area contributed by atoms with Gasteiger partial charge in [-0.15, -0.1) is 0 Å². The lowest BCUT2D eigenvalue weighted by Crippen LogP contribution is -2.44. The summed E-state index contributed by atoms with van der Waals surface area (Å²) >= 11 is 0. The second-order valence-electron chi connectivity index (χ2n) is 5.06. The van der Waals surface area contributed by atoms with Crippen LogP contribution in [0.15, 0.2) is 0 Å². The Kier molecular flexibility index (Phi) is 5.29. The molecule has 0 aliphatic rings. The SMILES string of the molecule is CCC(C)C(=O)OC(C(C)C)C(C)(C)O. The van der Waals surface area contributed by atoms with Crippen molar-refractivity contribution in [2.45, 2.75) is 59.7 Å². The number of carbonyl (C=O) groups excluding carboxylic acids is 1. The van der Waals surface area contributed by atoms with E-state index in [1.165, 1.54) is 0 Å². The van der Waals surface area contributed by atoms with Crippen molar-refractivity contribution in [2.24, 2.45) is 11.8 Å². The van der Waals surface area contributed by atoms with Crippen LogP contribution in [0.4, 0.5) is 0 Å². The van der Waals surface area contributed by atoms with Crippen molar-refractivity contribution < 1.29 is 14.6 Å². The van der Waals surface area contributed by atoms with Crippen molar-refractivity contribution in [3.05, 3.63) is 0 Å². The number of esters is 1. The van der Waals surface area contributed by atoms with E-state index < -0.39 is 11.7 Å². The molecule has 0 aromatic carbocycles. The summed E-state index contributed by atoms with van der Waals surface area (Å²) in [5.41, 5.74) is -0.989. The minimum atomic E-state index is -0.989. The van der Waals surface area contributed by atoms with Crippen molar-refractivity contribution in [1.29, 1.82) is 0 Å². The van der Waals surface area contributed by atoms with Gasteiger partial charge in [-0.2, -0.15) is 0 Å². The van der Waals surface area contributed by atoms with Crippen LogP contribution < -0.4 is 0 Å². The number of ether oxygens (including phenoxy) is 1. The van der Waals surface area contributed by atoms with Gasteiger partial charge in [0.2, 0.25) is 0 Å². The van der Waals surface area contributed by atoms with Gasteiger partial charge in [0, 0.05) is 0 Å². The van der Waals surface area contributed by atoms with Crippen LogP contribution in [0, 0.1) is 11.8 Å². The smallest absolute Gasteiger partial charge is 0.309 e. The van der Waals surface area contributed by atoms with Gasteiger partial charge in [0.1, 0.15) is 6.10 Å². The van der Waals surface area contributed by atoms with Crippen molar-refractivity contribution in [2.75, 3.05) is 0 Å². The van der Waals surface area contributed by atoms with Crippen LogP contribution in [-0.2, 0) is 9.53 Å². The molecular formula is C12H24O3. The van der Waals surface area contributed by atoms with Gasteiger partial charge in [0.15, 0.2) is 0 Å². The van der Waals surface area contributed by atoms with E-state index in [9.17, 15) is 9.90 Å². The highest BCUT2D eigenvalue weighted by atomic mass is 16.6. The zero-order valence-electron chi connectivity index (χ0n) is 10.7. The van der Waals surface area contributed by atoms with E-state index in [2.05, 4.69) is 0 Å². The largest absolute Gasteiger partial charge is 0.459 e. The summed E-state index contributed by atoms with van der Waals surface area (Å²) in [5, 5.41) is 9.87. The van der Waals surface area contributed by atoms with Gasteiger partial charge >= 0.3 is 5.97 Å². The van der Waals surface area contributed by atoms with Crippen LogP contribution in [0.25, 0.3) is 0 Å². The minimum absolute atomic E-state index is 0.103. The Hall–Kier alpha value is -0.570. The Morgan fingerprint density at radius 2 is 1.80 bits per heavy atom. The maximum Gasteiger partial charge on any atom is 0.309 e. The molecule has 90 valence electrons. The second kappa shape index (κ2) is 5.50. The maximum atomic E-state index is 11.6. The number of rotatable bonds is 5. The first-order chi connectivity index (χ1) is 6.70. The van der Waals surface area contributed by atoms with E-state index in [0.717, 1.165) is 6.42 Å². The number of carbonyl (C=O) groups is 1. The van der Waals surface area contributed by atoms with E-state index in [0.29, 0.717) is 0 Å². The fourth-order valence-electron chi connectivity index (χ4n) is 1.50. The first-order valence-electron chi connectivity index (χ1n) is 5.63. The van der Waals surface area contributed by atoms with Crippen LogP contribution in [0.1, 0.15) is 48.0 Å². The lowest BCUT2D eigenvalue weighted by molar-refractivity contribution is -0.171. The van der Waals surface area contributed by atoms with E-state index >= 15 is 0 Å². The molecule has 0 rings (SSSR count). The Balaban J connectivity index is 4.50. The van der Waals surface area contributed by atoms with Gasteiger partial charge in [0.05, 0.1) is 11.5 Å². The summed E-state index contributed by atoms with van der Waals surface area (Å²) in [6.07, 6.45) is 0.314. The van der Waals surface area contributed by atoms with Crippen molar-refractivity contribution in [3.63, 3.8) is 0 Å². The molecule has 0 heterocycles. The zero-order valence-corrected chi connectivity index (χ0v) is 10.7. The molecule has 2 unspecified atom stereocenters. The van der Waals surface area contributed by atoms with Crippen molar-refractivity contribution in [1.82, 2.24) is 0 Å². The highest BCUT2D eigenvalue weighted by molar-refractivity contribution is 5.72. The first-order valence-corrected chi connectivity index (χ1v) is 5.63. The van der Waals surface area contributed by atoms with Crippen LogP contribution in [0.5, 0.6) is 0 Å². The molecule has 0 fully saturated rings. The summed E-state index contributed by atoms with van der Waals surface area (Å²) in [7, 11) is 0. The Labute approximate surface area is 92.8 Å². The van der Waals surface area contributed by atoms with Crippen molar-refractivity contribution in [3.8, 4) is 0 Å².